The Hall–Kier alpha value is -2.58. The summed E-state index contributed by atoms with van der Waals surface area (Å²) in [6.45, 7) is 1.70. The number of ether oxygens (including phenoxy) is 2. The van der Waals surface area contributed by atoms with Crippen LogP contribution in [0.2, 0.25) is 0 Å². The van der Waals surface area contributed by atoms with Crippen molar-refractivity contribution in [3.63, 3.8) is 0 Å². The number of primary sulfonamides is 1. The van der Waals surface area contributed by atoms with E-state index in [0.717, 1.165) is 24.2 Å². The normalized spacial score (nSPS) is 19.1. The third-order valence-corrected chi connectivity index (χ3v) is 5.82. The van der Waals surface area contributed by atoms with Gasteiger partial charge in [-0.15, -0.1) is 0 Å². The molecule has 1 atom stereocenters. The van der Waals surface area contributed by atoms with Gasteiger partial charge >= 0.3 is 0 Å². The molecule has 0 radical (unpaired) electrons. The van der Waals surface area contributed by atoms with Crippen LogP contribution in [0.3, 0.4) is 0 Å². The fraction of sp³-hybridized carbons (Fsp3) is 0.316. The number of hydrogen-bond donors (Lipinski definition) is 1. The Kier molecular flexibility index (Phi) is 4.53. The monoisotopic (exact) mass is 388 g/mol. The second-order valence-electron chi connectivity index (χ2n) is 6.63. The van der Waals surface area contributed by atoms with Crippen LogP contribution in [-0.2, 0) is 10.0 Å². The highest BCUT2D eigenvalue weighted by atomic mass is 32.2. The first kappa shape index (κ1) is 17.8. The van der Waals surface area contributed by atoms with Crippen molar-refractivity contribution in [1.29, 1.82) is 0 Å². The van der Waals surface area contributed by atoms with Crippen molar-refractivity contribution in [3.8, 4) is 11.5 Å². The van der Waals surface area contributed by atoms with E-state index < -0.39 is 10.0 Å². The number of rotatable bonds is 3. The van der Waals surface area contributed by atoms with Crippen LogP contribution in [0.25, 0.3) is 0 Å². The quantitative estimate of drug-likeness (QED) is 0.868. The van der Waals surface area contributed by atoms with Gasteiger partial charge in [0.15, 0.2) is 11.5 Å². The summed E-state index contributed by atoms with van der Waals surface area (Å²) in [6.07, 6.45) is 1.76. The molecule has 0 aliphatic carbocycles. The summed E-state index contributed by atoms with van der Waals surface area (Å²) in [7, 11) is -3.78. The van der Waals surface area contributed by atoms with Crippen molar-refractivity contribution >= 4 is 15.9 Å². The number of amides is 1. The van der Waals surface area contributed by atoms with Gasteiger partial charge in [0, 0.05) is 12.1 Å². The lowest BCUT2D eigenvalue weighted by Crippen LogP contribution is -2.30. The SMILES string of the molecule is NS(=O)(=O)c1ccc(C(=O)N2CCCC2c2ccc3c(c2)OCCO3)cc1. The maximum atomic E-state index is 13.0. The van der Waals surface area contributed by atoms with Crippen molar-refractivity contribution < 1.29 is 22.7 Å². The lowest BCUT2D eigenvalue weighted by atomic mass is 10.0. The minimum absolute atomic E-state index is 0.0103. The third kappa shape index (κ3) is 3.50. The van der Waals surface area contributed by atoms with Crippen LogP contribution in [0, 0.1) is 0 Å². The molecule has 2 aromatic rings. The van der Waals surface area contributed by atoms with Crippen LogP contribution < -0.4 is 14.6 Å². The molecular formula is C19H20N2O5S. The molecule has 2 N–H and O–H groups in total. The van der Waals surface area contributed by atoms with Crippen molar-refractivity contribution in [2.45, 2.75) is 23.8 Å². The molecule has 142 valence electrons. The predicted molar refractivity (Wildman–Crippen MR) is 98.3 cm³/mol. The highest BCUT2D eigenvalue weighted by molar-refractivity contribution is 7.89. The maximum absolute atomic E-state index is 13.0. The molecule has 27 heavy (non-hydrogen) atoms. The summed E-state index contributed by atoms with van der Waals surface area (Å²) in [6, 6.07) is 11.5. The molecule has 1 unspecified atom stereocenters. The van der Waals surface area contributed by atoms with Crippen LogP contribution in [0.1, 0.15) is 34.8 Å². The van der Waals surface area contributed by atoms with Crippen molar-refractivity contribution in [2.75, 3.05) is 19.8 Å². The number of nitrogens with two attached hydrogens (primary N) is 1. The molecule has 1 fully saturated rings. The van der Waals surface area contributed by atoms with Gasteiger partial charge in [-0.25, -0.2) is 13.6 Å². The largest absolute Gasteiger partial charge is 0.486 e. The minimum atomic E-state index is -3.78. The fourth-order valence-corrected chi connectivity index (χ4v) is 4.09. The van der Waals surface area contributed by atoms with Gasteiger partial charge in [-0.3, -0.25) is 4.79 Å². The maximum Gasteiger partial charge on any atom is 0.254 e. The number of hydrogen-bond acceptors (Lipinski definition) is 5. The number of sulfonamides is 1. The van der Waals surface area contributed by atoms with Gasteiger partial charge in [0.05, 0.1) is 10.9 Å². The van der Waals surface area contributed by atoms with Gasteiger partial charge in [-0.05, 0) is 54.8 Å². The molecule has 1 amide bonds. The number of fused-ring (bicyclic) bond motifs is 1. The summed E-state index contributed by atoms with van der Waals surface area (Å²) in [5.74, 6) is 1.29. The molecule has 4 rings (SSSR count). The van der Waals surface area contributed by atoms with E-state index in [0.29, 0.717) is 31.1 Å². The second kappa shape index (κ2) is 6.86. The standard InChI is InChI=1S/C19H20N2O5S/c20-27(23,24)15-6-3-13(4-7-15)19(22)21-9-1-2-16(21)14-5-8-17-18(12-14)26-11-10-25-17/h3-8,12,16H,1-2,9-11H2,(H2,20,23,24). The zero-order chi connectivity index (χ0) is 19.0. The fourth-order valence-electron chi connectivity index (χ4n) is 3.58. The second-order valence-corrected chi connectivity index (χ2v) is 8.19. The van der Waals surface area contributed by atoms with E-state index >= 15 is 0 Å². The van der Waals surface area contributed by atoms with Gasteiger partial charge in [0.1, 0.15) is 13.2 Å². The molecule has 2 aliphatic heterocycles. The van der Waals surface area contributed by atoms with E-state index in [-0.39, 0.29) is 16.8 Å². The number of carbonyl (C=O) groups is 1. The van der Waals surface area contributed by atoms with Crippen molar-refractivity contribution in [3.05, 3.63) is 53.6 Å². The summed E-state index contributed by atoms with van der Waals surface area (Å²) >= 11 is 0. The molecular weight excluding hydrogens is 368 g/mol. The molecule has 2 heterocycles. The Morgan fingerprint density at radius 1 is 1.04 bits per heavy atom. The Balaban J connectivity index is 1.58. The molecule has 7 nitrogen and oxygen atoms in total. The highest BCUT2D eigenvalue weighted by Crippen LogP contribution is 2.38. The third-order valence-electron chi connectivity index (χ3n) is 4.89. The van der Waals surface area contributed by atoms with Crippen LogP contribution in [0.4, 0.5) is 0 Å². The van der Waals surface area contributed by atoms with Gasteiger partial charge in [-0.2, -0.15) is 0 Å². The molecule has 1 saturated heterocycles. The summed E-state index contributed by atoms with van der Waals surface area (Å²) in [5.41, 5.74) is 1.44. The molecule has 0 bridgehead atoms. The van der Waals surface area contributed by atoms with E-state index in [4.69, 9.17) is 14.6 Å². The molecule has 8 heteroatoms. The van der Waals surface area contributed by atoms with Crippen LogP contribution >= 0.6 is 0 Å². The van der Waals surface area contributed by atoms with E-state index in [1.807, 2.05) is 23.1 Å². The topological polar surface area (TPSA) is 98.9 Å². The first-order valence-corrected chi connectivity index (χ1v) is 10.3. The molecule has 2 aromatic carbocycles. The smallest absolute Gasteiger partial charge is 0.254 e. The molecule has 0 spiro atoms. The highest BCUT2D eigenvalue weighted by Gasteiger charge is 2.31. The Labute approximate surface area is 157 Å². The zero-order valence-corrected chi connectivity index (χ0v) is 15.4. The predicted octanol–water partition coefficient (Wildman–Crippen LogP) is 2.08. The molecule has 0 saturated carbocycles. The number of carbonyl (C=O) groups excluding carboxylic acids is 1. The van der Waals surface area contributed by atoms with E-state index in [1.165, 1.54) is 24.3 Å². The Bertz CT molecular complexity index is 972. The number of benzene rings is 2. The first-order valence-electron chi connectivity index (χ1n) is 8.77. The number of nitrogens with zero attached hydrogens (tertiary/aromatic N) is 1. The zero-order valence-electron chi connectivity index (χ0n) is 14.6. The molecule has 2 aliphatic rings. The molecule has 0 aromatic heterocycles. The van der Waals surface area contributed by atoms with Gasteiger partial charge in [0.2, 0.25) is 10.0 Å². The van der Waals surface area contributed by atoms with Crippen molar-refractivity contribution in [2.24, 2.45) is 5.14 Å². The lowest BCUT2D eigenvalue weighted by Gasteiger charge is -2.27. The average Bonchev–Trinajstić information content (AvgIpc) is 3.16. The van der Waals surface area contributed by atoms with Gasteiger partial charge in [-0.1, -0.05) is 6.07 Å². The van der Waals surface area contributed by atoms with Gasteiger partial charge < -0.3 is 14.4 Å². The summed E-state index contributed by atoms with van der Waals surface area (Å²) in [5, 5.41) is 5.11. The van der Waals surface area contributed by atoms with Crippen LogP contribution in [-0.4, -0.2) is 39.0 Å². The first-order chi connectivity index (χ1) is 12.9. The van der Waals surface area contributed by atoms with E-state index in [9.17, 15) is 13.2 Å². The number of likely N-dealkylation sites (tertiary alicyclic amines) is 1. The van der Waals surface area contributed by atoms with Crippen molar-refractivity contribution in [1.82, 2.24) is 4.90 Å². The van der Waals surface area contributed by atoms with E-state index in [2.05, 4.69) is 0 Å². The average molecular weight is 388 g/mol. The van der Waals surface area contributed by atoms with Crippen LogP contribution in [0.5, 0.6) is 11.5 Å². The minimum Gasteiger partial charge on any atom is -0.486 e. The lowest BCUT2D eigenvalue weighted by molar-refractivity contribution is 0.0735. The van der Waals surface area contributed by atoms with Gasteiger partial charge in [0.25, 0.3) is 5.91 Å². The summed E-state index contributed by atoms with van der Waals surface area (Å²) in [4.78, 5) is 14.8. The Morgan fingerprint density at radius 2 is 1.74 bits per heavy atom. The van der Waals surface area contributed by atoms with E-state index in [1.54, 1.807) is 0 Å². The summed E-state index contributed by atoms with van der Waals surface area (Å²) < 4.78 is 34.0. The Morgan fingerprint density at radius 3 is 2.44 bits per heavy atom. The van der Waals surface area contributed by atoms with Crippen LogP contribution in [0.15, 0.2) is 47.4 Å².